The van der Waals surface area contributed by atoms with Crippen LogP contribution in [0.4, 0.5) is 4.79 Å². The molecule has 2 N–H and O–H groups in total. The number of nitrogens with one attached hydrogen (secondary N) is 1. The van der Waals surface area contributed by atoms with Crippen molar-refractivity contribution in [1.82, 2.24) is 10.2 Å². The fourth-order valence-electron chi connectivity index (χ4n) is 2.29. The molecule has 114 valence electrons. The van der Waals surface area contributed by atoms with E-state index in [1.807, 2.05) is 0 Å². The summed E-state index contributed by atoms with van der Waals surface area (Å²) in [5.74, 6) is -1.65. The van der Waals surface area contributed by atoms with Gasteiger partial charge in [0, 0.05) is 12.6 Å². The summed E-state index contributed by atoms with van der Waals surface area (Å²) in [5.41, 5.74) is 0. The zero-order valence-corrected chi connectivity index (χ0v) is 11.9. The van der Waals surface area contributed by atoms with Crippen LogP contribution in [0.15, 0.2) is 0 Å². The first-order valence-corrected chi connectivity index (χ1v) is 6.91. The molecule has 20 heavy (non-hydrogen) atoms. The number of carboxylic acid groups (broad SMARTS) is 1. The summed E-state index contributed by atoms with van der Waals surface area (Å²) in [6.07, 6.45) is 1.67. The predicted molar refractivity (Wildman–Crippen MR) is 71.2 cm³/mol. The summed E-state index contributed by atoms with van der Waals surface area (Å²) in [6, 6.07) is -0.489. The van der Waals surface area contributed by atoms with Crippen molar-refractivity contribution in [2.75, 3.05) is 19.7 Å². The Kier molecular flexibility index (Phi) is 6.27. The van der Waals surface area contributed by atoms with E-state index in [0.29, 0.717) is 25.8 Å². The van der Waals surface area contributed by atoms with Crippen LogP contribution in [-0.4, -0.2) is 53.7 Å². The third-order valence-electron chi connectivity index (χ3n) is 3.40. The van der Waals surface area contributed by atoms with Crippen LogP contribution >= 0.6 is 0 Å². The number of likely N-dealkylation sites (N-methyl/N-ethyl adjacent to an activating group) is 1. The summed E-state index contributed by atoms with van der Waals surface area (Å²) in [5, 5.41) is 11.7. The van der Waals surface area contributed by atoms with Gasteiger partial charge in [-0.1, -0.05) is 0 Å². The minimum atomic E-state index is -0.819. The highest BCUT2D eigenvalue weighted by Gasteiger charge is 2.31. The molecule has 1 saturated carbocycles. The third-order valence-corrected chi connectivity index (χ3v) is 3.40. The summed E-state index contributed by atoms with van der Waals surface area (Å²) in [6.45, 7) is 4.05. The molecule has 1 rings (SSSR count). The van der Waals surface area contributed by atoms with Gasteiger partial charge in [0.15, 0.2) is 0 Å². The number of amides is 2. The number of carboxylic acids is 1. The highest BCUT2D eigenvalue weighted by atomic mass is 16.5. The molecular formula is C13H22N2O5. The van der Waals surface area contributed by atoms with Gasteiger partial charge in [-0.15, -0.1) is 0 Å². The SMILES string of the molecule is CCOC(=O)CN(CC)C(=O)N[C@H]1CC[C@@H](C(=O)O)C1. The molecule has 0 bridgehead atoms. The molecule has 1 fully saturated rings. The Hall–Kier alpha value is -1.79. The fourth-order valence-corrected chi connectivity index (χ4v) is 2.29. The lowest BCUT2D eigenvalue weighted by Gasteiger charge is -2.22. The second kappa shape index (κ2) is 7.72. The van der Waals surface area contributed by atoms with Crippen molar-refractivity contribution in [3.8, 4) is 0 Å². The van der Waals surface area contributed by atoms with Gasteiger partial charge >= 0.3 is 18.0 Å². The maximum absolute atomic E-state index is 12.0. The topological polar surface area (TPSA) is 95.9 Å². The van der Waals surface area contributed by atoms with E-state index in [4.69, 9.17) is 9.84 Å². The highest BCUT2D eigenvalue weighted by molar-refractivity contribution is 5.81. The number of carbonyl (C=O) groups excluding carboxylic acids is 2. The summed E-state index contributed by atoms with van der Waals surface area (Å²) >= 11 is 0. The first-order valence-electron chi connectivity index (χ1n) is 6.91. The number of ether oxygens (including phenoxy) is 1. The van der Waals surface area contributed by atoms with Gasteiger partial charge in [-0.3, -0.25) is 9.59 Å². The number of esters is 1. The molecule has 1 aliphatic carbocycles. The Morgan fingerprint density at radius 1 is 1.30 bits per heavy atom. The average Bonchev–Trinajstić information content (AvgIpc) is 2.84. The quantitative estimate of drug-likeness (QED) is 0.705. The maximum Gasteiger partial charge on any atom is 0.325 e. The fraction of sp³-hybridized carbons (Fsp3) is 0.769. The number of hydrogen-bond acceptors (Lipinski definition) is 4. The van der Waals surface area contributed by atoms with Crippen molar-refractivity contribution in [3.05, 3.63) is 0 Å². The molecule has 0 radical (unpaired) electrons. The minimum absolute atomic E-state index is 0.0920. The normalized spacial score (nSPS) is 21.3. The van der Waals surface area contributed by atoms with Gasteiger partial charge < -0.3 is 20.1 Å². The number of hydrogen-bond donors (Lipinski definition) is 2. The van der Waals surface area contributed by atoms with Crippen LogP contribution < -0.4 is 5.32 Å². The highest BCUT2D eigenvalue weighted by Crippen LogP contribution is 2.25. The van der Waals surface area contributed by atoms with Gasteiger partial charge in [0.2, 0.25) is 0 Å². The van der Waals surface area contributed by atoms with E-state index in [1.165, 1.54) is 4.90 Å². The lowest BCUT2D eigenvalue weighted by molar-refractivity contribution is -0.144. The van der Waals surface area contributed by atoms with Crippen LogP contribution in [-0.2, 0) is 14.3 Å². The molecule has 0 aromatic carbocycles. The van der Waals surface area contributed by atoms with E-state index in [0.717, 1.165) is 0 Å². The Bertz CT molecular complexity index is 372. The van der Waals surface area contributed by atoms with Crippen molar-refractivity contribution in [2.45, 2.75) is 39.2 Å². The monoisotopic (exact) mass is 286 g/mol. The van der Waals surface area contributed by atoms with Crippen LogP contribution in [0.1, 0.15) is 33.1 Å². The molecule has 0 aliphatic heterocycles. The van der Waals surface area contributed by atoms with Crippen LogP contribution in [0.5, 0.6) is 0 Å². The van der Waals surface area contributed by atoms with Crippen molar-refractivity contribution in [2.24, 2.45) is 5.92 Å². The molecule has 0 unspecified atom stereocenters. The summed E-state index contributed by atoms with van der Waals surface area (Å²) < 4.78 is 4.80. The first-order chi connectivity index (χ1) is 9.47. The minimum Gasteiger partial charge on any atom is -0.481 e. The van der Waals surface area contributed by atoms with Crippen LogP contribution in [0.25, 0.3) is 0 Å². The molecular weight excluding hydrogens is 264 g/mol. The van der Waals surface area contributed by atoms with Gasteiger partial charge in [-0.05, 0) is 33.1 Å². The molecule has 0 aromatic rings. The molecule has 0 saturated heterocycles. The van der Waals surface area contributed by atoms with Gasteiger partial charge in [0.1, 0.15) is 6.54 Å². The molecule has 2 amide bonds. The molecule has 0 aromatic heterocycles. The number of aliphatic carboxylic acids is 1. The van der Waals surface area contributed by atoms with E-state index in [2.05, 4.69) is 5.32 Å². The lowest BCUT2D eigenvalue weighted by Crippen LogP contribution is -2.46. The van der Waals surface area contributed by atoms with Gasteiger partial charge in [0.25, 0.3) is 0 Å². The predicted octanol–water partition coefficient (Wildman–Crippen LogP) is 0.834. The van der Waals surface area contributed by atoms with Crippen LogP contribution in [0.2, 0.25) is 0 Å². The molecule has 1 aliphatic rings. The lowest BCUT2D eigenvalue weighted by atomic mass is 10.1. The van der Waals surface area contributed by atoms with Crippen molar-refractivity contribution >= 4 is 18.0 Å². The molecule has 0 heterocycles. The summed E-state index contributed by atoms with van der Waals surface area (Å²) in [4.78, 5) is 35.6. The van der Waals surface area contributed by atoms with Crippen molar-refractivity contribution < 1.29 is 24.2 Å². The molecule has 0 spiro atoms. The van der Waals surface area contributed by atoms with Crippen molar-refractivity contribution in [3.63, 3.8) is 0 Å². The number of nitrogens with zero attached hydrogens (tertiary/aromatic N) is 1. The Morgan fingerprint density at radius 3 is 2.50 bits per heavy atom. The largest absolute Gasteiger partial charge is 0.481 e. The Labute approximate surface area is 118 Å². The van der Waals surface area contributed by atoms with E-state index in [1.54, 1.807) is 13.8 Å². The standard InChI is InChI=1S/C13H22N2O5/c1-3-15(8-11(16)20-4-2)13(19)14-10-6-5-9(7-10)12(17)18/h9-10H,3-8H2,1-2H3,(H,14,19)(H,17,18)/t9-,10+/m1/s1. The zero-order valence-electron chi connectivity index (χ0n) is 11.9. The third kappa shape index (κ3) is 4.71. The van der Waals surface area contributed by atoms with Crippen molar-refractivity contribution in [1.29, 1.82) is 0 Å². The second-order valence-corrected chi connectivity index (χ2v) is 4.81. The Morgan fingerprint density at radius 2 is 2.00 bits per heavy atom. The van der Waals surface area contributed by atoms with E-state index >= 15 is 0 Å². The average molecular weight is 286 g/mol. The first kappa shape index (κ1) is 16.3. The maximum atomic E-state index is 12.0. The molecule has 7 heteroatoms. The zero-order chi connectivity index (χ0) is 15.1. The Balaban J connectivity index is 2.44. The number of carbonyl (C=O) groups is 3. The van der Waals surface area contributed by atoms with Gasteiger partial charge in [-0.25, -0.2) is 4.79 Å². The molecule has 2 atom stereocenters. The van der Waals surface area contributed by atoms with Crippen LogP contribution in [0.3, 0.4) is 0 Å². The van der Waals surface area contributed by atoms with Gasteiger partial charge in [0.05, 0.1) is 12.5 Å². The van der Waals surface area contributed by atoms with Gasteiger partial charge in [-0.2, -0.15) is 0 Å². The van der Waals surface area contributed by atoms with E-state index in [9.17, 15) is 14.4 Å². The smallest absolute Gasteiger partial charge is 0.325 e. The van der Waals surface area contributed by atoms with E-state index in [-0.39, 0.29) is 31.1 Å². The molecule has 7 nitrogen and oxygen atoms in total. The number of urea groups is 1. The second-order valence-electron chi connectivity index (χ2n) is 4.81. The number of rotatable bonds is 6. The van der Waals surface area contributed by atoms with E-state index < -0.39 is 11.9 Å². The van der Waals surface area contributed by atoms with Crippen LogP contribution in [0, 0.1) is 5.92 Å². The summed E-state index contributed by atoms with van der Waals surface area (Å²) in [7, 11) is 0.